The Morgan fingerprint density at radius 2 is 1.96 bits per heavy atom. The molecule has 0 atom stereocenters. The Labute approximate surface area is 166 Å². The van der Waals surface area contributed by atoms with Crippen LogP contribution < -0.4 is 11.3 Å². The van der Waals surface area contributed by atoms with Crippen LogP contribution in [0.3, 0.4) is 0 Å². The van der Waals surface area contributed by atoms with Crippen LogP contribution in [-0.4, -0.2) is 23.5 Å². The fourth-order valence-corrected chi connectivity index (χ4v) is 3.64. The van der Waals surface area contributed by atoms with E-state index in [1.165, 1.54) is 6.07 Å². The van der Waals surface area contributed by atoms with Gasteiger partial charge in [-0.3, -0.25) is 9.59 Å². The first-order valence-electron chi connectivity index (χ1n) is 6.78. The highest BCUT2D eigenvalue weighted by Gasteiger charge is 2.31. The maximum Gasteiger partial charge on any atom is 0.362 e. The molecule has 5 nitrogen and oxygen atoms in total. The van der Waals surface area contributed by atoms with Crippen LogP contribution in [0.4, 0.5) is 8.78 Å². The summed E-state index contributed by atoms with van der Waals surface area (Å²) in [4.78, 5) is 25.1. The number of H-pyrrole nitrogens is 1. The van der Waals surface area contributed by atoms with E-state index in [9.17, 15) is 18.4 Å². The highest BCUT2D eigenvalue weighted by molar-refractivity contribution is 7.99. The Morgan fingerprint density at radius 3 is 2.46 bits per heavy atom. The minimum absolute atomic E-state index is 0.0537. The summed E-state index contributed by atoms with van der Waals surface area (Å²) in [5, 5.41) is 3.63. The first kappa shape index (κ1) is 22.9. The maximum atomic E-state index is 13.3. The molecule has 0 aliphatic heterocycles. The number of carbonyl (C=O) groups is 1. The van der Waals surface area contributed by atoms with Gasteiger partial charge in [0.25, 0.3) is 5.56 Å². The van der Waals surface area contributed by atoms with Crippen LogP contribution in [0.25, 0.3) is 0 Å². The molecule has 0 bridgehead atoms. The summed E-state index contributed by atoms with van der Waals surface area (Å²) in [6.07, 6.45) is 0.256. The van der Waals surface area contributed by atoms with E-state index in [-0.39, 0.29) is 33.3 Å². The topological polar surface area (TPSA) is 96.2 Å². The van der Waals surface area contributed by atoms with Gasteiger partial charge in [-0.05, 0) is 29.3 Å². The fraction of sp³-hybridized carbons (Fsp3) is 0.200. The zero-order valence-electron chi connectivity index (χ0n) is 13.2. The smallest absolute Gasteiger partial charge is 0.362 e. The zero-order valence-corrected chi connectivity index (χ0v) is 16.2. The molecule has 2 rings (SSSR count). The number of hydrogen-bond acceptors (Lipinski definition) is 5. The van der Waals surface area contributed by atoms with Crippen molar-refractivity contribution >= 4 is 52.9 Å². The lowest BCUT2D eigenvalue weighted by atomic mass is 10.2. The molecule has 11 heteroatoms. The van der Waals surface area contributed by atoms with Gasteiger partial charge in [0.15, 0.2) is 6.29 Å². The second-order valence-corrected chi connectivity index (χ2v) is 6.87. The van der Waals surface area contributed by atoms with Crippen LogP contribution >= 0.6 is 46.6 Å². The van der Waals surface area contributed by atoms with Gasteiger partial charge in [-0.2, -0.15) is 8.78 Å². The number of pyridine rings is 1. The first-order chi connectivity index (χ1) is 12.2. The van der Waals surface area contributed by atoms with Gasteiger partial charge in [0.05, 0.1) is 15.6 Å². The van der Waals surface area contributed by atoms with Gasteiger partial charge in [-0.1, -0.05) is 41.0 Å². The van der Waals surface area contributed by atoms with E-state index < -0.39 is 16.6 Å². The van der Waals surface area contributed by atoms with E-state index in [1.54, 1.807) is 6.07 Å². The molecule has 0 unspecified atom stereocenters. The van der Waals surface area contributed by atoms with Gasteiger partial charge < -0.3 is 15.8 Å². The molecule has 0 aliphatic carbocycles. The number of benzene rings is 1. The van der Waals surface area contributed by atoms with E-state index in [2.05, 4.69) is 0 Å². The van der Waals surface area contributed by atoms with Crippen LogP contribution in [0.15, 0.2) is 32.8 Å². The van der Waals surface area contributed by atoms with E-state index in [0.29, 0.717) is 10.5 Å². The molecule has 1 aromatic heterocycles. The molecule has 1 aromatic carbocycles. The number of aliphatic hydroxyl groups excluding tert-OH is 1. The van der Waals surface area contributed by atoms with E-state index in [1.807, 2.05) is 4.98 Å². The number of nitrogens with two attached hydrogens (primary N) is 1. The van der Waals surface area contributed by atoms with Gasteiger partial charge in [0.2, 0.25) is 0 Å². The van der Waals surface area contributed by atoms with Crippen LogP contribution in [0, 0.1) is 0 Å². The van der Waals surface area contributed by atoms with Gasteiger partial charge in [-0.15, -0.1) is 0 Å². The van der Waals surface area contributed by atoms with Crippen molar-refractivity contribution in [3.8, 4) is 0 Å². The number of nitrogens with one attached hydrogen (secondary N) is 1. The summed E-state index contributed by atoms with van der Waals surface area (Å²) in [5.41, 5.74) is 3.96. The Bertz CT molecular complexity index is 857. The molecule has 26 heavy (non-hydrogen) atoms. The van der Waals surface area contributed by atoms with Crippen molar-refractivity contribution in [2.75, 3.05) is 7.11 Å². The van der Waals surface area contributed by atoms with Crippen molar-refractivity contribution < 1.29 is 18.7 Å². The molecule has 1 heterocycles. The van der Waals surface area contributed by atoms with Gasteiger partial charge >= 0.3 is 5.38 Å². The van der Waals surface area contributed by atoms with Crippen molar-refractivity contribution in [2.24, 2.45) is 5.73 Å². The van der Waals surface area contributed by atoms with Crippen molar-refractivity contribution in [1.82, 2.24) is 4.98 Å². The lowest BCUT2D eigenvalue weighted by Crippen LogP contribution is -2.20. The number of aromatic nitrogens is 1. The summed E-state index contributed by atoms with van der Waals surface area (Å²) >= 11 is 18.0. The minimum atomic E-state index is -3.80. The third-order valence-electron chi connectivity index (χ3n) is 3.02. The van der Waals surface area contributed by atoms with Gasteiger partial charge in [0.1, 0.15) is 5.69 Å². The third kappa shape index (κ3) is 5.18. The highest BCUT2D eigenvalue weighted by atomic mass is 35.5. The second kappa shape index (κ2) is 9.68. The van der Waals surface area contributed by atoms with Crippen LogP contribution in [-0.2, 0) is 11.9 Å². The Balaban J connectivity index is 0.00000163. The molecule has 0 fully saturated rings. The fourth-order valence-electron chi connectivity index (χ4n) is 1.83. The standard InChI is InChI=1S/C14H9Cl3F2N2O2S.CH4O/c15-8-2-1-6(4-20)11(16)12(8)24-9-3-10(14(17,18)19)21-13(23)7(9)5-22;1-2/h1-3,5H,4,20H2,(H,21,23);2H,1H3. The number of rotatable bonds is 5. The Morgan fingerprint density at radius 1 is 1.35 bits per heavy atom. The molecule has 0 spiro atoms. The molecule has 4 N–H and O–H groups in total. The third-order valence-corrected chi connectivity index (χ3v) is 5.38. The molecular formula is C15H13Cl3F2N2O3S. The van der Waals surface area contributed by atoms with Crippen LogP contribution in [0.1, 0.15) is 21.6 Å². The number of aldehydes is 1. The van der Waals surface area contributed by atoms with Crippen LogP contribution in [0.2, 0.25) is 10.0 Å². The minimum Gasteiger partial charge on any atom is -0.400 e. The predicted molar refractivity (Wildman–Crippen MR) is 98.8 cm³/mol. The van der Waals surface area contributed by atoms with Crippen molar-refractivity contribution in [3.63, 3.8) is 0 Å². The van der Waals surface area contributed by atoms with Crippen molar-refractivity contribution in [1.29, 1.82) is 0 Å². The number of alkyl halides is 3. The number of halogens is 5. The maximum absolute atomic E-state index is 13.3. The normalized spacial score (nSPS) is 10.9. The predicted octanol–water partition coefficient (Wildman–Crippen LogP) is 4.00. The Hall–Kier alpha value is -1.16. The summed E-state index contributed by atoms with van der Waals surface area (Å²) in [6, 6.07) is 4.05. The Kier molecular flexibility index (Phi) is 8.52. The molecule has 0 amide bonds. The number of carbonyl (C=O) groups excluding carboxylic acids is 1. The second-order valence-electron chi connectivity index (χ2n) is 4.56. The first-order valence-corrected chi connectivity index (χ1v) is 8.73. The molecule has 0 saturated carbocycles. The van der Waals surface area contributed by atoms with Crippen LogP contribution in [0.5, 0.6) is 0 Å². The van der Waals surface area contributed by atoms with Crippen molar-refractivity contribution in [2.45, 2.75) is 21.7 Å². The molecule has 2 aromatic rings. The van der Waals surface area contributed by atoms with E-state index in [4.69, 9.17) is 45.6 Å². The molecule has 0 aliphatic rings. The number of aliphatic hydroxyl groups is 1. The largest absolute Gasteiger partial charge is 0.400 e. The van der Waals surface area contributed by atoms with Gasteiger partial charge in [0, 0.05) is 23.4 Å². The van der Waals surface area contributed by atoms with Crippen molar-refractivity contribution in [3.05, 3.63) is 55.4 Å². The summed E-state index contributed by atoms with van der Waals surface area (Å²) in [7, 11) is 1.00. The SMILES string of the molecule is CO.NCc1ccc(Cl)c(Sc2cc(C(F)(F)Cl)[nH]c(=O)c2C=O)c1Cl. The quantitative estimate of drug-likeness (QED) is 0.477. The number of aromatic amines is 1. The van der Waals surface area contributed by atoms with E-state index >= 15 is 0 Å². The molecule has 0 radical (unpaired) electrons. The summed E-state index contributed by atoms with van der Waals surface area (Å²) in [6.45, 7) is 0.129. The summed E-state index contributed by atoms with van der Waals surface area (Å²) in [5.74, 6) is 0. The lowest BCUT2D eigenvalue weighted by Gasteiger charge is -2.13. The molecule has 0 saturated heterocycles. The van der Waals surface area contributed by atoms with Gasteiger partial charge in [-0.25, -0.2) is 0 Å². The van der Waals surface area contributed by atoms with E-state index in [0.717, 1.165) is 24.9 Å². The summed E-state index contributed by atoms with van der Waals surface area (Å²) < 4.78 is 26.6. The highest BCUT2D eigenvalue weighted by Crippen LogP contribution is 2.42. The number of hydrogen-bond donors (Lipinski definition) is 3. The monoisotopic (exact) mass is 444 g/mol. The molecular weight excluding hydrogens is 433 g/mol. The zero-order chi connectivity index (χ0) is 20.1. The average Bonchev–Trinajstić information content (AvgIpc) is 2.59. The average molecular weight is 446 g/mol. The molecule has 142 valence electrons. The lowest BCUT2D eigenvalue weighted by molar-refractivity contribution is 0.0891.